The van der Waals surface area contributed by atoms with Gasteiger partial charge in [-0.2, -0.15) is 0 Å². The molecule has 0 amide bonds. The van der Waals surface area contributed by atoms with Crippen molar-refractivity contribution in [3.8, 4) is 5.75 Å². The van der Waals surface area contributed by atoms with E-state index in [2.05, 4.69) is 0 Å². The van der Waals surface area contributed by atoms with Crippen LogP contribution in [0.2, 0.25) is 0 Å². The molecular formula is C18H25Cl2NOZr. The molecule has 2 nitrogen and oxygen atoms in total. The fraction of sp³-hybridized carbons (Fsp3) is 0.611. The van der Waals surface area contributed by atoms with Crippen LogP contribution < -0.4 is 0 Å². The van der Waals surface area contributed by atoms with Gasteiger partial charge < -0.3 is 5.11 Å². The molecular weight excluding hydrogens is 408 g/mol. The molecule has 2 saturated carbocycles. The van der Waals surface area contributed by atoms with E-state index >= 15 is 0 Å². The predicted octanol–water partition coefficient (Wildman–Crippen LogP) is 6.00. The van der Waals surface area contributed by atoms with Gasteiger partial charge >= 0.3 is 37.9 Å². The number of aromatic hydroxyl groups is 1. The van der Waals surface area contributed by atoms with Crippen LogP contribution in [0.5, 0.6) is 5.75 Å². The van der Waals surface area contributed by atoms with E-state index in [1.54, 1.807) is 0 Å². The van der Waals surface area contributed by atoms with Crippen LogP contribution in [0.3, 0.4) is 0 Å². The number of hydrogen-bond donors (Lipinski definition) is 1. The third-order valence-electron chi connectivity index (χ3n) is 5.28. The Hall–Kier alpha value is 0.153. The number of aliphatic imine (C=N–C) groups is 1. The zero-order valence-electron chi connectivity index (χ0n) is 13.7. The Morgan fingerprint density at radius 3 is 2.61 bits per heavy atom. The fourth-order valence-electron chi connectivity index (χ4n) is 4.03. The molecule has 5 heteroatoms. The fourth-order valence-corrected chi connectivity index (χ4v) is 4.03. The zero-order chi connectivity index (χ0) is 16.7. The summed E-state index contributed by atoms with van der Waals surface area (Å²) in [5, 5.41) is 10.0. The average Bonchev–Trinajstić information content (AvgIpc) is 2.93. The van der Waals surface area contributed by atoms with Gasteiger partial charge in [-0.15, -0.1) is 0 Å². The van der Waals surface area contributed by atoms with Crippen molar-refractivity contribution in [1.29, 1.82) is 0 Å². The van der Waals surface area contributed by atoms with E-state index in [0.29, 0.717) is 17.2 Å². The molecule has 0 bridgehead atoms. The van der Waals surface area contributed by atoms with Crippen LogP contribution in [0.15, 0.2) is 23.2 Å². The Balaban J connectivity index is 0.000000595. The van der Waals surface area contributed by atoms with E-state index in [1.807, 2.05) is 31.3 Å². The van der Waals surface area contributed by atoms with Crippen molar-refractivity contribution in [1.82, 2.24) is 0 Å². The molecule has 0 aliphatic heterocycles. The summed E-state index contributed by atoms with van der Waals surface area (Å²) >= 11 is -0.826. The molecule has 0 saturated heterocycles. The predicted molar refractivity (Wildman–Crippen MR) is 95.3 cm³/mol. The molecule has 1 spiro atoms. The summed E-state index contributed by atoms with van der Waals surface area (Å²) in [5.74, 6) is 0.377. The number of aryl methyl sites for hydroxylation is 1. The van der Waals surface area contributed by atoms with Crippen LogP contribution in [-0.2, 0) is 20.8 Å². The van der Waals surface area contributed by atoms with Crippen LogP contribution in [0, 0.1) is 12.3 Å². The number of rotatable bonds is 2. The number of halogens is 2. The molecule has 1 N–H and O–H groups in total. The molecule has 2 fully saturated rings. The molecule has 1 atom stereocenters. The summed E-state index contributed by atoms with van der Waals surface area (Å²) in [6.45, 7) is 1.93. The van der Waals surface area contributed by atoms with Crippen molar-refractivity contribution in [2.24, 2.45) is 10.4 Å². The minimum atomic E-state index is -0.826. The van der Waals surface area contributed by atoms with Crippen LogP contribution in [0.4, 0.5) is 0 Å². The number of phenolic OH excluding ortho intramolecular Hbond substituents is 1. The van der Waals surface area contributed by atoms with E-state index in [4.69, 9.17) is 22.0 Å². The number of hydrogen-bond acceptors (Lipinski definition) is 2. The maximum absolute atomic E-state index is 10.0. The number of phenols is 1. The van der Waals surface area contributed by atoms with E-state index in [9.17, 15) is 5.11 Å². The summed E-state index contributed by atoms with van der Waals surface area (Å²) in [4.78, 5) is 4.76. The second-order valence-corrected chi connectivity index (χ2v) is 10.6. The quantitative estimate of drug-likeness (QED) is 0.570. The average molecular weight is 434 g/mol. The van der Waals surface area contributed by atoms with Crippen molar-refractivity contribution in [3.63, 3.8) is 0 Å². The van der Waals surface area contributed by atoms with Crippen LogP contribution in [-0.4, -0.2) is 17.4 Å². The Morgan fingerprint density at radius 2 is 1.91 bits per heavy atom. The first kappa shape index (κ1) is 19.5. The maximum atomic E-state index is 10.0. The second kappa shape index (κ2) is 9.59. The number of nitrogens with zero attached hydrogens (tertiary/aromatic N) is 1. The van der Waals surface area contributed by atoms with Gasteiger partial charge in [-0.25, -0.2) is 0 Å². The Labute approximate surface area is 158 Å². The number of benzene rings is 1. The van der Waals surface area contributed by atoms with Crippen molar-refractivity contribution in [2.75, 3.05) is 0 Å². The molecule has 1 unspecified atom stereocenters. The van der Waals surface area contributed by atoms with Gasteiger partial charge in [0.2, 0.25) is 0 Å². The molecule has 23 heavy (non-hydrogen) atoms. The Kier molecular flexibility index (Phi) is 8.12. The molecule has 126 valence electrons. The second-order valence-electron chi connectivity index (χ2n) is 6.82. The van der Waals surface area contributed by atoms with Crippen molar-refractivity contribution in [2.45, 2.75) is 64.3 Å². The summed E-state index contributed by atoms with van der Waals surface area (Å²) in [6.07, 6.45) is 12.8. The van der Waals surface area contributed by atoms with Crippen molar-refractivity contribution < 1.29 is 26.0 Å². The van der Waals surface area contributed by atoms with Gasteiger partial charge in [0.05, 0.1) is 6.04 Å². The van der Waals surface area contributed by atoms with Crippen LogP contribution >= 0.6 is 17.0 Å². The summed E-state index contributed by atoms with van der Waals surface area (Å²) < 4.78 is 0. The first-order valence-corrected chi connectivity index (χ1v) is 14.7. The van der Waals surface area contributed by atoms with Crippen LogP contribution in [0.25, 0.3) is 0 Å². The monoisotopic (exact) mass is 431 g/mol. The van der Waals surface area contributed by atoms with E-state index in [1.165, 1.54) is 51.4 Å². The van der Waals surface area contributed by atoms with Gasteiger partial charge in [0.25, 0.3) is 0 Å². The zero-order valence-corrected chi connectivity index (χ0v) is 17.7. The van der Waals surface area contributed by atoms with Gasteiger partial charge in [0.1, 0.15) is 5.75 Å². The van der Waals surface area contributed by atoms with Crippen molar-refractivity contribution >= 4 is 23.2 Å². The molecule has 0 radical (unpaired) electrons. The molecule has 1 aromatic rings. The normalized spacial score (nSPS) is 22.8. The molecule has 0 aromatic heterocycles. The summed E-state index contributed by atoms with van der Waals surface area (Å²) in [6, 6.07) is 6.32. The SMILES string of the molecule is Cc1cccc(C=NC2CCC3(CCCCC3)C2)c1O.[Cl][Zr][Cl]. The molecule has 0 heterocycles. The van der Waals surface area contributed by atoms with Crippen molar-refractivity contribution in [3.05, 3.63) is 29.3 Å². The molecule has 1 aromatic carbocycles. The minimum absolute atomic E-state index is 0.377. The van der Waals surface area contributed by atoms with Gasteiger partial charge in [-0.3, -0.25) is 4.99 Å². The van der Waals surface area contributed by atoms with E-state index in [-0.39, 0.29) is 0 Å². The Bertz CT molecular complexity index is 530. The first-order chi connectivity index (χ1) is 11.1. The third kappa shape index (κ3) is 5.58. The summed E-state index contributed by atoms with van der Waals surface area (Å²) in [7, 11) is 9.87. The van der Waals surface area contributed by atoms with Gasteiger partial charge in [-0.05, 0) is 56.1 Å². The Morgan fingerprint density at radius 1 is 1.22 bits per heavy atom. The standard InChI is InChI=1S/C18H25NO.2ClH.Zr/c1-14-6-5-7-15(17(14)20)13-19-16-8-11-18(12-16)9-3-2-4-10-18;;;/h5-7,13,16,20H,2-4,8-12H2,1H3;2*1H;/q;;;+2/p-2. The summed E-state index contributed by atoms with van der Waals surface area (Å²) in [5.41, 5.74) is 2.38. The van der Waals surface area contributed by atoms with Gasteiger partial charge in [0.15, 0.2) is 0 Å². The van der Waals surface area contributed by atoms with Gasteiger partial charge in [-0.1, -0.05) is 31.4 Å². The topological polar surface area (TPSA) is 32.6 Å². The first-order valence-electron chi connectivity index (χ1n) is 8.38. The van der Waals surface area contributed by atoms with Crippen LogP contribution in [0.1, 0.15) is 62.5 Å². The molecule has 3 rings (SSSR count). The van der Waals surface area contributed by atoms with Gasteiger partial charge in [0, 0.05) is 11.8 Å². The molecule has 2 aliphatic rings. The third-order valence-corrected chi connectivity index (χ3v) is 5.28. The number of para-hydroxylation sites is 1. The van der Waals surface area contributed by atoms with E-state index < -0.39 is 20.8 Å². The van der Waals surface area contributed by atoms with E-state index in [0.717, 1.165) is 11.1 Å². The molecule has 2 aliphatic carbocycles.